The number of aromatic nitrogens is 2. The molecule has 0 atom stereocenters. The third kappa shape index (κ3) is 2.25. The number of benzene rings is 1. The molecule has 1 saturated carbocycles. The van der Waals surface area contributed by atoms with Gasteiger partial charge in [0, 0.05) is 16.1 Å². The molecule has 0 spiro atoms. The molecule has 0 radical (unpaired) electrons. The molecule has 0 saturated heterocycles. The fourth-order valence-corrected chi connectivity index (χ4v) is 2.91. The number of carbonyl (C=O) groups excluding carboxylic acids is 1. The van der Waals surface area contributed by atoms with E-state index in [2.05, 4.69) is 21.0 Å². The molecule has 1 aromatic heterocycles. The lowest BCUT2D eigenvalue weighted by Crippen LogP contribution is -2.33. The lowest BCUT2D eigenvalue weighted by atomic mass is 9.80. The van der Waals surface area contributed by atoms with E-state index >= 15 is 0 Å². The highest BCUT2D eigenvalue weighted by Gasteiger charge is 2.36. The van der Waals surface area contributed by atoms with Crippen molar-refractivity contribution in [3.05, 3.63) is 27.8 Å². The molecule has 0 amide bonds. The molecular formula is C13H12BrClN2O2. The van der Waals surface area contributed by atoms with Gasteiger partial charge in [-0.2, -0.15) is 5.10 Å². The van der Waals surface area contributed by atoms with Gasteiger partial charge in [-0.1, -0.05) is 11.6 Å². The summed E-state index contributed by atoms with van der Waals surface area (Å²) in [5.41, 5.74) is 0.870. The molecule has 0 bridgehead atoms. The SMILES string of the molecule is COC(=O)[C@H]1C[C@H](n2cc3cc(Br)c(Cl)cc3n2)C1. The Morgan fingerprint density at radius 1 is 1.53 bits per heavy atom. The Hall–Kier alpha value is -1.07. The number of hydrogen-bond acceptors (Lipinski definition) is 3. The van der Waals surface area contributed by atoms with Crippen molar-refractivity contribution in [2.45, 2.75) is 18.9 Å². The molecule has 0 aliphatic heterocycles. The molecule has 1 fully saturated rings. The fraction of sp³-hybridized carbons (Fsp3) is 0.385. The fourth-order valence-electron chi connectivity index (χ4n) is 2.39. The maximum Gasteiger partial charge on any atom is 0.308 e. The Bertz CT molecular complexity index is 610. The summed E-state index contributed by atoms with van der Waals surface area (Å²) in [6, 6.07) is 4.07. The van der Waals surface area contributed by atoms with E-state index in [1.807, 2.05) is 23.0 Å². The molecule has 1 aromatic carbocycles. The number of esters is 1. The third-order valence-electron chi connectivity index (χ3n) is 3.59. The van der Waals surface area contributed by atoms with Crippen molar-refractivity contribution in [2.24, 2.45) is 5.92 Å². The lowest BCUT2D eigenvalue weighted by Gasteiger charge is -2.33. The highest BCUT2D eigenvalue weighted by molar-refractivity contribution is 9.10. The van der Waals surface area contributed by atoms with E-state index in [-0.39, 0.29) is 17.9 Å². The molecule has 3 rings (SSSR count). The van der Waals surface area contributed by atoms with Gasteiger partial charge in [-0.15, -0.1) is 0 Å². The zero-order chi connectivity index (χ0) is 13.6. The predicted octanol–water partition coefficient (Wildman–Crippen LogP) is 3.58. The summed E-state index contributed by atoms with van der Waals surface area (Å²) < 4.78 is 7.52. The third-order valence-corrected chi connectivity index (χ3v) is 4.78. The normalized spacial score (nSPS) is 22.3. The molecule has 1 heterocycles. The maximum absolute atomic E-state index is 11.4. The Kier molecular flexibility index (Phi) is 3.27. The minimum atomic E-state index is -0.126. The van der Waals surface area contributed by atoms with Crippen LogP contribution >= 0.6 is 27.5 Å². The smallest absolute Gasteiger partial charge is 0.308 e. The molecule has 2 aromatic rings. The van der Waals surface area contributed by atoms with Crippen LogP contribution in [0.4, 0.5) is 0 Å². The molecule has 4 nitrogen and oxygen atoms in total. The second-order valence-electron chi connectivity index (χ2n) is 4.78. The van der Waals surface area contributed by atoms with E-state index in [1.54, 1.807) is 0 Å². The Morgan fingerprint density at radius 2 is 2.26 bits per heavy atom. The van der Waals surface area contributed by atoms with Gasteiger partial charge in [-0.25, -0.2) is 0 Å². The van der Waals surface area contributed by atoms with E-state index in [4.69, 9.17) is 16.3 Å². The molecule has 0 N–H and O–H groups in total. The van der Waals surface area contributed by atoms with Gasteiger partial charge in [-0.3, -0.25) is 9.48 Å². The number of hydrogen-bond donors (Lipinski definition) is 0. The Morgan fingerprint density at radius 3 is 2.95 bits per heavy atom. The summed E-state index contributed by atoms with van der Waals surface area (Å²) in [7, 11) is 1.43. The zero-order valence-electron chi connectivity index (χ0n) is 10.3. The van der Waals surface area contributed by atoms with Crippen molar-refractivity contribution >= 4 is 44.4 Å². The average Bonchev–Trinajstić information content (AvgIpc) is 2.70. The summed E-state index contributed by atoms with van der Waals surface area (Å²) in [5, 5.41) is 6.21. The van der Waals surface area contributed by atoms with Crippen molar-refractivity contribution in [3.63, 3.8) is 0 Å². The zero-order valence-corrected chi connectivity index (χ0v) is 12.6. The minimum Gasteiger partial charge on any atom is -0.469 e. The summed E-state index contributed by atoms with van der Waals surface area (Å²) >= 11 is 9.45. The van der Waals surface area contributed by atoms with Crippen LogP contribution in [0, 0.1) is 5.92 Å². The Labute approximate surface area is 123 Å². The van der Waals surface area contributed by atoms with Crippen molar-refractivity contribution in [3.8, 4) is 0 Å². The first-order valence-corrected chi connectivity index (χ1v) is 7.17. The summed E-state index contributed by atoms with van der Waals surface area (Å²) in [6.45, 7) is 0. The monoisotopic (exact) mass is 342 g/mol. The Balaban J connectivity index is 1.82. The van der Waals surface area contributed by atoms with Gasteiger partial charge in [0.2, 0.25) is 0 Å². The van der Waals surface area contributed by atoms with Gasteiger partial charge >= 0.3 is 5.97 Å². The van der Waals surface area contributed by atoms with Gasteiger partial charge in [0.15, 0.2) is 0 Å². The van der Waals surface area contributed by atoms with Crippen molar-refractivity contribution in [1.82, 2.24) is 9.78 Å². The number of ether oxygens (including phenoxy) is 1. The van der Waals surface area contributed by atoms with Crippen LogP contribution in [0.5, 0.6) is 0 Å². The summed E-state index contributed by atoms with van der Waals surface area (Å²) in [5.74, 6) is -0.114. The summed E-state index contributed by atoms with van der Waals surface area (Å²) in [6.07, 6.45) is 3.57. The maximum atomic E-state index is 11.4. The van der Waals surface area contributed by atoms with Crippen LogP contribution in [0.25, 0.3) is 10.9 Å². The number of nitrogens with zero attached hydrogens (tertiary/aromatic N) is 2. The molecule has 1 aliphatic rings. The van der Waals surface area contributed by atoms with Crippen LogP contribution in [-0.4, -0.2) is 22.9 Å². The van der Waals surface area contributed by atoms with E-state index in [9.17, 15) is 4.79 Å². The average molecular weight is 344 g/mol. The lowest BCUT2D eigenvalue weighted by molar-refractivity contribution is -0.149. The van der Waals surface area contributed by atoms with E-state index in [1.165, 1.54) is 7.11 Å². The first kappa shape index (κ1) is 12.9. The number of halogens is 2. The first-order chi connectivity index (χ1) is 9.08. The number of rotatable bonds is 2. The quantitative estimate of drug-likeness (QED) is 0.783. The van der Waals surface area contributed by atoms with Gasteiger partial charge in [0.05, 0.1) is 29.6 Å². The van der Waals surface area contributed by atoms with Crippen molar-refractivity contribution in [2.75, 3.05) is 7.11 Å². The van der Waals surface area contributed by atoms with Crippen molar-refractivity contribution in [1.29, 1.82) is 0 Å². The van der Waals surface area contributed by atoms with Crippen LogP contribution in [0.1, 0.15) is 18.9 Å². The second-order valence-corrected chi connectivity index (χ2v) is 6.04. The number of carbonyl (C=O) groups is 1. The number of fused-ring (bicyclic) bond motifs is 1. The molecule has 19 heavy (non-hydrogen) atoms. The molecule has 6 heteroatoms. The minimum absolute atomic E-state index is 0.0117. The van der Waals surface area contributed by atoms with Gasteiger partial charge in [0.25, 0.3) is 0 Å². The molecular weight excluding hydrogens is 332 g/mol. The predicted molar refractivity (Wildman–Crippen MR) is 76.2 cm³/mol. The van der Waals surface area contributed by atoms with Gasteiger partial charge in [-0.05, 0) is 40.9 Å². The van der Waals surface area contributed by atoms with Gasteiger partial charge in [0.1, 0.15) is 0 Å². The second kappa shape index (κ2) is 4.80. The van der Waals surface area contributed by atoms with E-state index < -0.39 is 0 Å². The molecule has 100 valence electrons. The highest BCUT2D eigenvalue weighted by atomic mass is 79.9. The number of methoxy groups -OCH3 is 1. The van der Waals surface area contributed by atoms with E-state index in [0.29, 0.717) is 5.02 Å². The van der Waals surface area contributed by atoms with Crippen LogP contribution in [-0.2, 0) is 9.53 Å². The van der Waals surface area contributed by atoms with Crippen LogP contribution < -0.4 is 0 Å². The molecule has 1 aliphatic carbocycles. The van der Waals surface area contributed by atoms with Crippen LogP contribution in [0.3, 0.4) is 0 Å². The first-order valence-electron chi connectivity index (χ1n) is 6.00. The van der Waals surface area contributed by atoms with Gasteiger partial charge < -0.3 is 4.74 Å². The van der Waals surface area contributed by atoms with Crippen molar-refractivity contribution < 1.29 is 9.53 Å². The topological polar surface area (TPSA) is 44.1 Å². The van der Waals surface area contributed by atoms with E-state index in [0.717, 1.165) is 28.2 Å². The standard InChI is InChI=1S/C13H12BrClN2O2/c1-19-13(18)7-2-9(3-7)17-6-8-4-10(14)11(15)5-12(8)16-17/h4-7,9H,2-3H2,1H3/t7-,9-. The van der Waals surface area contributed by atoms with Crippen LogP contribution in [0.2, 0.25) is 5.02 Å². The molecule has 0 unspecified atom stereocenters. The van der Waals surface area contributed by atoms with Crippen LogP contribution in [0.15, 0.2) is 22.8 Å². The summed E-state index contributed by atoms with van der Waals surface area (Å²) in [4.78, 5) is 11.4. The largest absolute Gasteiger partial charge is 0.469 e. The highest BCUT2D eigenvalue weighted by Crippen LogP contribution is 2.39.